The number of nitrogens with one attached hydrogen (secondary N) is 1. The second kappa shape index (κ2) is 9.19. The summed E-state index contributed by atoms with van der Waals surface area (Å²) in [7, 11) is 0. The minimum absolute atomic E-state index is 0.0298. The summed E-state index contributed by atoms with van der Waals surface area (Å²) >= 11 is 0. The third kappa shape index (κ3) is 4.21. The molecule has 4 aromatic rings. The van der Waals surface area contributed by atoms with Gasteiger partial charge in [0.05, 0.1) is 31.3 Å². The van der Waals surface area contributed by atoms with Crippen molar-refractivity contribution in [3.8, 4) is 11.5 Å². The van der Waals surface area contributed by atoms with Gasteiger partial charge in [0.2, 0.25) is 5.75 Å². The summed E-state index contributed by atoms with van der Waals surface area (Å²) in [6, 6.07) is 12.8. The van der Waals surface area contributed by atoms with Gasteiger partial charge >= 0.3 is 11.7 Å². The van der Waals surface area contributed by atoms with Crippen LogP contribution >= 0.6 is 0 Å². The highest BCUT2D eigenvalue weighted by Gasteiger charge is 2.35. The van der Waals surface area contributed by atoms with Crippen molar-refractivity contribution in [3.05, 3.63) is 113 Å². The lowest BCUT2D eigenvalue weighted by atomic mass is 9.88. The predicted molar refractivity (Wildman–Crippen MR) is 135 cm³/mol. The van der Waals surface area contributed by atoms with Crippen molar-refractivity contribution in [2.24, 2.45) is 0 Å². The number of aromatic carboxylic acids is 1. The number of carboxylic acids is 1. The van der Waals surface area contributed by atoms with Crippen LogP contribution in [0.5, 0.6) is 11.5 Å². The van der Waals surface area contributed by atoms with Gasteiger partial charge in [-0.2, -0.15) is 0 Å². The first kappa shape index (κ1) is 24.8. The van der Waals surface area contributed by atoms with Gasteiger partial charge in [-0.15, -0.1) is 0 Å². The van der Waals surface area contributed by atoms with Crippen LogP contribution in [-0.2, 0) is 6.42 Å². The number of amides is 1. The normalized spacial score (nSPS) is 11.6. The number of nitrogens with zero attached hydrogens (tertiary/aromatic N) is 3. The minimum atomic E-state index is -1.66. The Morgan fingerprint density at radius 1 is 0.872 bits per heavy atom. The van der Waals surface area contributed by atoms with Gasteiger partial charge < -0.3 is 15.2 Å². The van der Waals surface area contributed by atoms with Crippen LogP contribution in [0.15, 0.2) is 60.7 Å². The number of ether oxygens (including phenoxy) is 1. The highest BCUT2D eigenvalue weighted by atomic mass is 16.6. The van der Waals surface area contributed by atoms with E-state index in [0.717, 1.165) is 24.3 Å². The largest absolute Gasteiger partial charge is 0.478 e. The zero-order valence-electron chi connectivity index (χ0n) is 19.4. The van der Waals surface area contributed by atoms with Crippen molar-refractivity contribution in [2.45, 2.75) is 6.42 Å². The van der Waals surface area contributed by atoms with E-state index in [1.54, 1.807) is 24.3 Å². The minimum Gasteiger partial charge on any atom is -0.478 e. The van der Waals surface area contributed by atoms with E-state index in [2.05, 4.69) is 5.32 Å². The number of para-hydroxylation sites is 1. The Morgan fingerprint density at radius 3 is 2.15 bits per heavy atom. The molecule has 5 rings (SSSR count). The first-order valence-electron chi connectivity index (χ1n) is 11.1. The molecule has 4 aromatic carbocycles. The Morgan fingerprint density at radius 2 is 1.54 bits per heavy atom. The molecule has 0 unspecified atom stereocenters. The second-order valence-electron chi connectivity index (χ2n) is 8.41. The highest BCUT2D eigenvalue weighted by molar-refractivity contribution is 6.19. The first-order chi connectivity index (χ1) is 18.6. The van der Waals surface area contributed by atoms with Crippen LogP contribution < -0.4 is 10.1 Å². The van der Waals surface area contributed by atoms with Gasteiger partial charge in [-0.1, -0.05) is 18.2 Å². The zero-order valence-corrected chi connectivity index (χ0v) is 19.4. The van der Waals surface area contributed by atoms with Crippen molar-refractivity contribution < 1.29 is 34.2 Å². The molecule has 1 heterocycles. The van der Waals surface area contributed by atoms with E-state index in [-0.39, 0.29) is 39.9 Å². The molecule has 0 saturated carbocycles. The van der Waals surface area contributed by atoms with Crippen LogP contribution in [0.4, 0.5) is 22.7 Å². The molecule has 1 amide bonds. The predicted octanol–water partition coefficient (Wildman–Crippen LogP) is 5.21. The van der Waals surface area contributed by atoms with Crippen molar-refractivity contribution in [1.82, 2.24) is 0 Å². The number of carboxylic acid groups (broad SMARTS) is 1. The molecule has 0 aromatic heterocycles. The van der Waals surface area contributed by atoms with Gasteiger partial charge in [-0.05, 0) is 23.8 Å². The molecular weight excluding hydrogens is 516 g/mol. The molecule has 1 aliphatic rings. The Labute approximate surface area is 216 Å². The second-order valence-corrected chi connectivity index (χ2v) is 8.41. The lowest BCUT2D eigenvalue weighted by Gasteiger charge is -2.22. The molecule has 0 bridgehead atoms. The summed E-state index contributed by atoms with van der Waals surface area (Å²) in [5, 5.41) is 46.9. The molecule has 0 aliphatic carbocycles. The molecule has 194 valence electrons. The standard InChI is InChI=1S/C25H14N4O10/c30-24(26-13-5-7-14(8-6-13)27(33)34)17-11-18(28(35)36)21-15(22(17)25(31)32)10-19(29(37)38)23-16(21)9-12-3-1-2-4-20(12)39-23/h1-8,10-11H,9H2,(H,26,30)(H,31,32). The smallest absolute Gasteiger partial charge is 0.337 e. The molecule has 14 nitrogen and oxygen atoms in total. The van der Waals surface area contributed by atoms with Crippen LogP contribution in [0.1, 0.15) is 31.8 Å². The number of carbonyl (C=O) groups is 2. The summed E-state index contributed by atoms with van der Waals surface area (Å²) in [4.78, 5) is 58.3. The third-order valence-corrected chi connectivity index (χ3v) is 6.17. The van der Waals surface area contributed by atoms with Crippen LogP contribution in [0, 0.1) is 30.3 Å². The number of carbonyl (C=O) groups excluding carboxylic acids is 1. The van der Waals surface area contributed by atoms with Gasteiger partial charge in [-0.3, -0.25) is 35.1 Å². The lowest BCUT2D eigenvalue weighted by Crippen LogP contribution is -2.18. The average Bonchev–Trinajstić information content (AvgIpc) is 2.90. The number of nitro groups is 3. The summed E-state index contributed by atoms with van der Waals surface area (Å²) in [6.07, 6.45) is -0.0298. The van der Waals surface area contributed by atoms with Crippen LogP contribution in [-0.4, -0.2) is 31.8 Å². The molecule has 0 spiro atoms. The molecule has 0 radical (unpaired) electrons. The number of hydrogen-bond donors (Lipinski definition) is 2. The maximum Gasteiger partial charge on any atom is 0.337 e. The fourth-order valence-corrected chi connectivity index (χ4v) is 4.51. The lowest BCUT2D eigenvalue weighted by molar-refractivity contribution is -0.385. The van der Waals surface area contributed by atoms with Crippen LogP contribution in [0.25, 0.3) is 10.8 Å². The number of nitro benzene ring substituents is 3. The molecule has 0 atom stereocenters. The summed E-state index contributed by atoms with van der Waals surface area (Å²) in [5.74, 6) is -2.68. The van der Waals surface area contributed by atoms with E-state index in [4.69, 9.17) is 4.74 Å². The quantitative estimate of drug-likeness (QED) is 0.216. The molecule has 14 heteroatoms. The zero-order chi connectivity index (χ0) is 28.0. The van der Waals surface area contributed by atoms with Gasteiger partial charge in [0.15, 0.2) is 0 Å². The summed E-state index contributed by atoms with van der Waals surface area (Å²) in [6.45, 7) is 0. The number of rotatable bonds is 6. The Kier molecular flexibility index (Phi) is 5.83. The van der Waals surface area contributed by atoms with Gasteiger partial charge in [-0.25, -0.2) is 4.79 Å². The van der Waals surface area contributed by atoms with Crippen molar-refractivity contribution in [1.29, 1.82) is 0 Å². The maximum absolute atomic E-state index is 13.2. The summed E-state index contributed by atoms with van der Waals surface area (Å²) in [5.41, 5.74) is -2.22. The number of fused-ring (bicyclic) bond motifs is 4. The topological polar surface area (TPSA) is 205 Å². The third-order valence-electron chi connectivity index (χ3n) is 6.17. The van der Waals surface area contributed by atoms with Gasteiger partial charge in [0, 0.05) is 47.3 Å². The summed E-state index contributed by atoms with van der Waals surface area (Å²) < 4.78 is 5.76. The Balaban J connectivity index is 1.76. The van der Waals surface area contributed by atoms with E-state index >= 15 is 0 Å². The first-order valence-corrected chi connectivity index (χ1v) is 11.1. The Bertz CT molecular complexity index is 1770. The van der Waals surface area contributed by atoms with E-state index < -0.39 is 49.1 Å². The fourth-order valence-electron chi connectivity index (χ4n) is 4.51. The highest BCUT2D eigenvalue weighted by Crippen LogP contribution is 2.49. The number of anilines is 1. The molecule has 39 heavy (non-hydrogen) atoms. The number of non-ortho nitro benzene ring substituents is 2. The average molecular weight is 530 g/mol. The molecular formula is C25H14N4O10. The van der Waals surface area contributed by atoms with Crippen molar-refractivity contribution >= 4 is 45.4 Å². The van der Waals surface area contributed by atoms with Gasteiger partial charge in [0.25, 0.3) is 17.3 Å². The SMILES string of the molecule is O=C(Nc1ccc([N+](=O)[O-])cc1)c1cc([N+](=O)[O-])c2c3c(c([N+](=O)[O-])cc2c1C(=O)O)Oc1ccccc1C3. The van der Waals surface area contributed by atoms with Crippen molar-refractivity contribution in [2.75, 3.05) is 5.32 Å². The monoisotopic (exact) mass is 530 g/mol. The molecule has 0 fully saturated rings. The molecule has 2 N–H and O–H groups in total. The van der Waals surface area contributed by atoms with E-state index in [1.807, 2.05) is 0 Å². The van der Waals surface area contributed by atoms with E-state index in [9.17, 15) is 45.0 Å². The number of benzene rings is 4. The van der Waals surface area contributed by atoms with Crippen molar-refractivity contribution in [3.63, 3.8) is 0 Å². The maximum atomic E-state index is 13.2. The van der Waals surface area contributed by atoms with E-state index in [0.29, 0.717) is 11.3 Å². The van der Waals surface area contributed by atoms with Gasteiger partial charge in [0.1, 0.15) is 5.75 Å². The number of hydrogen-bond acceptors (Lipinski definition) is 9. The van der Waals surface area contributed by atoms with Crippen LogP contribution in [0.3, 0.4) is 0 Å². The Hall–Kier alpha value is -5.92. The van der Waals surface area contributed by atoms with E-state index in [1.165, 1.54) is 12.1 Å². The molecule has 1 aliphatic heterocycles. The fraction of sp³-hybridized carbons (Fsp3) is 0.0400. The van der Waals surface area contributed by atoms with Crippen LogP contribution in [0.2, 0.25) is 0 Å². The molecule has 0 saturated heterocycles.